The molecule has 2 aromatic carbocycles. The number of aromatic amines is 1. The highest BCUT2D eigenvalue weighted by atomic mass is 35.5. The molecule has 1 amide bonds. The van der Waals surface area contributed by atoms with Gasteiger partial charge in [0.25, 0.3) is 0 Å². The van der Waals surface area contributed by atoms with Crippen molar-refractivity contribution in [2.45, 2.75) is 26.8 Å². The predicted molar refractivity (Wildman–Crippen MR) is 118 cm³/mol. The molecular weight excluding hydrogens is 409 g/mol. The van der Waals surface area contributed by atoms with E-state index < -0.39 is 0 Å². The summed E-state index contributed by atoms with van der Waals surface area (Å²) in [6.45, 7) is 5.11. The molecule has 2 heterocycles. The van der Waals surface area contributed by atoms with Gasteiger partial charge in [0.1, 0.15) is 0 Å². The summed E-state index contributed by atoms with van der Waals surface area (Å²) in [6, 6.07) is 8.94. The molecule has 29 heavy (non-hydrogen) atoms. The summed E-state index contributed by atoms with van der Waals surface area (Å²) in [5.41, 5.74) is 4.86. The van der Waals surface area contributed by atoms with Crippen molar-refractivity contribution in [1.29, 1.82) is 0 Å². The van der Waals surface area contributed by atoms with Crippen molar-refractivity contribution in [3.63, 3.8) is 0 Å². The molecule has 4 rings (SSSR count). The molecule has 0 saturated heterocycles. The molecule has 0 fully saturated rings. The van der Waals surface area contributed by atoms with Gasteiger partial charge >= 0.3 is 0 Å². The van der Waals surface area contributed by atoms with Crippen LogP contribution in [-0.4, -0.2) is 28.9 Å². The first-order valence-corrected chi connectivity index (χ1v) is 10.2. The second-order valence-electron chi connectivity index (χ2n) is 7.43. The third kappa shape index (κ3) is 3.78. The molecule has 1 aliphatic heterocycles. The Bertz CT molecular complexity index is 1190. The topological polar surface area (TPSA) is 65.2 Å². The standard InChI is InChI=1S/C22H21Cl2N3O2/c1-12-16(23)4-3-5-18(12)25-20(28)11-27-9-8-19-15(10-27)22(29)14-6-7-17(24)13(2)21(14)26-19/h3-7H,8-11H2,1-2H3,(H,25,28)(H,26,29). The van der Waals surface area contributed by atoms with Crippen LogP contribution >= 0.6 is 23.2 Å². The first-order valence-electron chi connectivity index (χ1n) is 9.45. The van der Waals surface area contributed by atoms with E-state index in [9.17, 15) is 9.59 Å². The van der Waals surface area contributed by atoms with E-state index in [1.54, 1.807) is 24.3 Å². The summed E-state index contributed by atoms with van der Waals surface area (Å²) < 4.78 is 0. The molecule has 7 heteroatoms. The molecule has 1 aromatic heterocycles. The number of carbonyl (C=O) groups is 1. The third-order valence-electron chi connectivity index (χ3n) is 5.53. The number of fused-ring (bicyclic) bond motifs is 2. The lowest BCUT2D eigenvalue weighted by Crippen LogP contribution is -2.39. The minimum atomic E-state index is -0.126. The Kier molecular flexibility index (Phi) is 5.38. The highest BCUT2D eigenvalue weighted by Crippen LogP contribution is 2.26. The van der Waals surface area contributed by atoms with Gasteiger partial charge in [-0.15, -0.1) is 0 Å². The molecule has 1 aliphatic rings. The molecule has 0 saturated carbocycles. The van der Waals surface area contributed by atoms with Crippen molar-refractivity contribution in [1.82, 2.24) is 9.88 Å². The number of H-pyrrole nitrogens is 1. The molecule has 150 valence electrons. The smallest absolute Gasteiger partial charge is 0.238 e. The Morgan fingerprint density at radius 2 is 1.90 bits per heavy atom. The lowest BCUT2D eigenvalue weighted by molar-refractivity contribution is -0.117. The van der Waals surface area contributed by atoms with Crippen LogP contribution in [0.3, 0.4) is 0 Å². The van der Waals surface area contributed by atoms with E-state index in [1.165, 1.54) is 0 Å². The van der Waals surface area contributed by atoms with Gasteiger partial charge in [0.15, 0.2) is 5.43 Å². The fraction of sp³-hybridized carbons (Fsp3) is 0.273. The highest BCUT2D eigenvalue weighted by molar-refractivity contribution is 6.32. The van der Waals surface area contributed by atoms with E-state index in [0.717, 1.165) is 27.9 Å². The summed E-state index contributed by atoms with van der Waals surface area (Å²) in [5.74, 6) is -0.126. The van der Waals surface area contributed by atoms with Crippen molar-refractivity contribution >= 4 is 45.7 Å². The number of rotatable bonds is 3. The molecule has 0 aliphatic carbocycles. The van der Waals surface area contributed by atoms with Gasteiger partial charge in [-0.1, -0.05) is 29.3 Å². The van der Waals surface area contributed by atoms with Gasteiger partial charge in [0, 0.05) is 51.9 Å². The summed E-state index contributed by atoms with van der Waals surface area (Å²) in [5, 5.41) is 4.80. The van der Waals surface area contributed by atoms with Gasteiger partial charge in [0.2, 0.25) is 5.91 Å². The zero-order chi connectivity index (χ0) is 20.7. The van der Waals surface area contributed by atoms with Crippen LogP contribution in [0, 0.1) is 13.8 Å². The van der Waals surface area contributed by atoms with Crippen LogP contribution in [0.15, 0.2) is 35.1 Å². The molecular formula is C22H21Cl2N3O2. The van der Waals surface area contributed by atoms with E-state index >= 15 is 0 Å². The molecule has 3 aromatic rings. The van der Waals surface area contributed by atoms with E-state index in [2.05, 4.69) is 10.3 Å². The maximum atomic E-state index is 13.0. The number of hydrogen-bond donors (Lipinski definition) is 2. The minimum Gasteiger partial charge on any atom is -0.358 e. The van der Waals surface area contributed by atoms with Crippen LogP contribution in [0.25, 0.3) is 10.9 Å². The van der Waals surface area contributed by atoms with Crippen LogP contribution < -0.4 is 10.7 Å². The number of amides is 1. The molecule has 0 radical (unpaired) electrons. The zero-order valence-corrected chi connectivity index (χ0v) is 17.7. The van der Waals surface area contributed by atoms with Gasteiger partial charge in [0.05, 0.1) is 12.1 Å². The van der Waals surface area contributed by atoms with Gasteiger partial charge in [-0.3, -0.25) is 14.5 Å². The lowest BCUT2D eigenvalue weighted by Gasteiger charge is -2.28. The van der Waals surface area contributed by atoms with Crippen LogP contribution in [0.5, 0.6) is 0 Å². The number of nitrogens with zero attached hydrogens (tertiary/aromatic N) is 1. The van der Waals surface area contributed by atoms with Crippen LogP contribution in [0.1, 0.15) is 22.4 Å². The molecule has 0 spiro atoms. The van der Waals surface area contributed by atoms with Gasteiger partial charge in [-0.25, -0.2) is 0 Å². The average molecular weight is 430 g/mol. The van der Waals surface area contributed by atoms with E-state index in [0.29, 0.717) is 40.6 Å². The summed E-state index contributed by atoms with van der Waals surface area (Å²) >= 11 is 12.3. The SMILES string of the molecule is Cc1c(Cl)cccc1NC(=O)CN1CCc2[nH]c3c(C)c(Cl)ccc3c(=O)c2C1. The summed E-state index contributed by atoms with van der Waals surface area (Å²) in [4.78, 5) is 31.0. The maximum absolute atomic E-state index is 13.0. The Hall–Kier alpha value is -2.34. The second-order valence-corrected chi connectivity index (χ2v) is 8.24. The molecule has 0 atom stereocenters. The first-order chi connectivity index (χ1) is 13.8. The van der Waals surface area contributed by atoms with Crippen LogP contribution in [-0.2, 0) is 17.8 Å². The third-order valence-corrected chi connectivity index (χ3v) is 6.35. The highest BCUT2D eigenvalue weighted by Gasteiger charge is 2.23. The predicted octanol–water partition coefficient (Wildman–Crippen LogP) is 4.45. The monoisotopic (exact) mass is 429 g/mol. The minimum absolute atomic E-state index is 0.00399. The van der Waals surface area contributed by atoms with Crippen LogP contribution in [0.4, 0.5) is 5.69 Å². The summed E-state index contributed by atoms with van der Waals surface area (Å²) in [7, 11) is 0. The average Bonchev–Trinajstić information content (AvgIpc) is 2.69. The Labute approximate surface area is 178 Å². The molecule has 5 nitrogen and oxygen atoms in total. The van der Waals surface area contributed by atoms with E-state index in [1.807, 2.05) is 24.8 Å². The van der Waals surface area contributed by atoms with Gasteiger partial charge in [-0.2, -0.15) is 0 Å². The van der Waals surface area contributed by atoms with Crippen molar-refractivity contribution in [2.24, 2.45) is 0 Å². The second kappa shape index (κ2) is 7.82. The Balaban J connectivity index is 1.55. The number of aryl methyl sites for hydroxylation is 1. The number of carbonyl (C=O) groups excluding carboxylic acids is 1. The normalized spacial score (nSPS) is 14.1. The number of hydrogen-bond acceptors (Lipinski definition) is 3. The van der Waals surface area contributed by atoms with Crippen molar-refractivity contribution < 1.29 is 4.79 Å². The van der Waals surface area contributed by atoms with Crippen molar-refractivity contribution in [3.8, 4) is 0 Å². The van der Waals surface area contributed by atoms with Gasteiger partial charge < -0.3 is 10.3 Å². The number of halogens is 2. The van der Waals surface area contributed by atoms with Crippen molar-refractivity contribution in [3.05, 3.63) is 73.0 Å². The fourth-order valence-corrected chi connectivity index (χ4v) is 4.12. The number of anilines is 1. The number of pyridine rings is 1. The summed E-state index contributed by atoms with van der Waals surface area (Å²) in [6.07, 6.45) is 0.677. The Morgan fingerprint density at radius 3 is 2.69 bits per heavy atom. The zero-order valence-electron chi connectivity index (χ0n) is 16.2. The van der Waals surface area contributed by atoms with Crippen molar-refractivity contribution in [2.75, 3.05) is 18.4 Å². The largest absolute Gasteiger partial charge is 0.358 e. The molecule has 0 unspecified atom stereocenters. The lowest BCUT2D eigenvalue weighted by atomic mass is 10.0. The van der Waals surface area contributed by atoms with Crippen LogP contribution in [0.2, 0.25) is 10.0 Å². The number of aromatic nitrogens is 1. The van der Waals surface area contributed by atoms with E-state index in [4.69, 9.17) is 23.2 Å². The molecule has 2 N–H and O–H groups in total. The van der Waals surface area contributed by atoms with Gasteiger partial charge in [-0.05, 0) is 49.2 Å². The number of benzene rings is 2. The number of nitrogens with one attached hydrogen (secondary N) is 2. The fourth-order valence-electron chi connectivity index (χ4n) is 3.79. The molecule has 0 bridgehead atoms. The maximum Gasteiger partial charge on any atom is 0.238 e. The first kappa shape index (κ1) is 20.0. The van der Waals surface area contributed by atoms with E-state index in [-0.39, 0.29) is 17.9 Å². The Morgan fingerprint density at radius 1 is 1.14 bits per heavy atom. The quantitative estimate of drug-likeness (QED) is 0.646.